The maximum atomic E-state index is 5.83. The van der Waals surface area contributed by atoms with Crippen molar-refractivity contribution in [3.8, 4) is 5.69 Å². The molecule has 0 atom stereocenters. The molecular weight excluding hydrogens is 172 g/mol. The Hall–Kier alpha value is -1.28. The maximum absolute atomic E-state index is 5.83. The molecular formula is C9H7ClN2. The predicted molar refractivity (Wildman–Crippen MR) is 48.6 cm³/mol. The molecule has 2 aromatic rings. The lowest BCUT2D eigenvalue weighted by molar-refractivity contribution is 1.06. The molecule has 2 nitrogen and oxygen atoms in total. The van der Waals surface area contributed by atoms with Gasteiger partial charge in [-0.25, -0.2) is 4.98 Å². The van der Waals surface area contributed by atoms with Gasteiger partial charge in [-0.1, -0.05) is 18.2 Å². The van der Waals surface area contributed by atoms with Gasteiger partial charge in [0.15, 0.2) is 0 Å². The van der Waals surface area contributed by atoms with Gasteiger partial charge in [0.2, 0.25) is 5.28 Å². The molecule has 0 unspecified atom stereocenters. The van der Waals surface area contributed by atoms with Crippen LogP contribution in [0.15, 0.2) is 42.7 Å². The van der Waals surface area contributed by atoms with Gasteiger partial charge in [-0.05, 0) is 23.7 Å². The molecule has 1 aromatic carbocycles. The van der Waals surface area contributed by atoms with Crippen molar-refractivity contribution >= 4 is 11.6 Å². The minimum Gasteiger partial charge on any atom is -0.291 e. The molecule has 0 saturated carbocycles. The molecule has 1 aromatic heterocycles. The topological polar surface area (TPSA) is 17.8 Å². The summed E-state index contributed by atoms with van der Waals surface area (Å²) in [6, 6.07) is 9.85. The van der Waals surface area contributed by atoms with E-state index in [0.29, 0.717) is 5.28 Å². The van der Waals surface area contributed by atoms with Crippen molar-refractivity contribution in [2.45, 2.75) is 0 Å². The number of hydrogen-bond donors (Lipinski definition) is 0. The van der Waals surface area contributed by atoms with Gasteiger partial charge < -0.3 is 0 Å². The molecule has 3 heteroatoms. The van der Waals surface area contributed by atoms with Crippen LogP contribution in [0.5, 0.6) is 0 Å². The highest BCUT2D eigenvalue weighted by Gasteiger charge is 1.98. The normalized spacial score (nSPS) is 10.1. The second kappa shape index (κ2) is 2.99. The summed E-state index contributed by atoms with van der Waals surface area (Å²) in [5, 5.41) is 0.487. The van der Waals surface area contributed by atoms with E-state index in [1.54, 1.807) is 6.20 Å². The smallest absolute Gasteiger partial charge is 0.207 e. The number of para-hydroxylation sites is 1. The highest BCUT2D eigenvalue weighted by molar-refractivity contribution is 6.28. The van der Waals surface area contributed by atoms with E-state index in [0.717, 1.165) is 5.69 Å². The lowest BCUT2D eigenvalue weighted by Crippen LogP contribution is -1.90. The largest absolute Gasteiger partial charge is 0.291 e. The van der Waals surface area contributed by atoms with Gasteiger partial charge in [-0.15, -0.1) is 0 Å². The van der Waals surface area contributed by atoms with Crippen LogP contribution in [0.2, 0.25) is 5.28 Å². The second-order valence-corrected chi connectivity index (χ2v) is 2.74. The van der Waals surface area contributed by atoms with Gasteiger partial charge >= 0.3 is 0 Å². The molecule has 0 aliphatic rings. The third-order valence-corrected chi connectivity index (χ3v) is 1.91. The Kier molecular flexibility index (Phi) is 1.84. The van der Waals surface area contributed by atoms with Crippen LogP contribution in [0.1, 0.15) is 0 Å². The van der Waals surface area contributed by atoms with Crippen molar-refractivity contribution in [2.75, 3.05) is 0 Å². The number of imidazole rings is 1. The van der Waals surface area contributed by atoms with Crippen LogP contribution < -0.4 is 0 Å². The van der Waals surface area contributed by atoms with Crippen molar-refractivity contribution in [3.63, 3.8) is 0 Å². The fraction of sp³-hybridized carbons (Fsp3) is 0. The van der Waals surface area contributed by atoms with Crippen LogP contribution >= 0.6 is 11.6 Å². The van der Waals surface area contributed by atoms with Crippen LogP contribution in [0.3, 0.4) is 0 Å². The lowest BCUT2D eigenvalue weighted by atomic mass is 10.3. The van der Waals surface area contributed by atoms with Gasteiger partial charge in [0.1, 0.15) is 0 Å². The molecule has 0 bridgehead atoms. The van der Waals surface area contributed by atoms with Gasteiger partial charge in [0, 0.05) is 18.1 Å². The van der Waals surface area contributed by atoms with Gasteiger partial charge in [-0.3, -0.25) is 4.57 Å². The van der Waals surface area contributed by atoms with Gasteiger partial charge in [0.05, 0.1) is 0 Å². The molecule has 60 valence electrons. The van der Waals surface area contributed by atoms with Crippen LogP contribution in [0.25, 0.3) is 5.69 Å². The Morgan fingerprint density at radius 2 is 1.92 bits per heavy atom. The van der Waals surface area contributed by atoms with E-state index in [-0.39, 0.29) is 0 Å². The van der Waals surface area contributed by atoms with Crippen molar-refractivity contribution in [2.24, 2.45) is 0 Å². The zero-order valence-electron chi connectivity index (χ0n) is 6.31. The average molecular weight is 179 g/mol. The van der Waals surface area contributed by atoms with Crippen LogP contribution in [0.4, 0.5) is 0 Å². The van der Waals surface area contributed by atoms with E-state index in [4.69, 9.17) is 11.6 Å². The highest BCUT2D eigenvalue weighted by Crippen LogP contribution is 2.13. The Morgan fingerprint density at radius 3 is 2.50 bits per heavy atom. The Bertz CT molecular complexity index is 367. The zero-order valence-corrected chi connectivity index (χ0v) is 7.07. The van der Waals surface area contributed by atoms with E-state index in [1.165, 1.54) is 0 Å². The molecule has 2 rings (SSSR count). The monoisotopic (exact) mass is 178 g/mol. The summed E-state index contributed by atoms with van der Waals surface area (Å²) in [6.07, 6.45) is 3.51. The van der Waals surface area contributed by atoms with E-state index in [1.807, 2.05) is 41.1 Å². The number of nitrogens with zero attached hydrogens (tertiary/aromatic N) is 2. The molecule has 0 amide bonds. The van der Waals surface area contributed by atoms with Crippen LogP contribution in [-0.2, 0) is 0 Å². The summed E-state index contributed by atoms with van der Waals surface area (Å²) in [6.45, 7) is 0. The first-order chi connectivity index (χ1) is 5.88. The van der Waals surface area contributed by atoms with Crippen molar-refractivity contribution in [1.82, 2.24) is 9.55 Å². The molecule has 0 N–H and O–H groups in total. The molecule has 0 fully saturated rings. The average Bonchev–Trinajstić information content (AvgIpc) is 2.53. The third kappa shape index (κ3) is 1.21. The second-order valence-electron chi connectivity index (χ2n) is 2.40. The van der Waals surface area contributed by atoms with Crippen molar-refractivity contribution in [3.05, 3.63) is 48.0 Å². The summed E-state index contributed by atoms with van der Waals surface area (Å²) in [5.41, 5.74) is 1.03. The summed E-state index contributed by atoms with van der Waals surface area (Å²) in [4.78, 5) is 3.92. The van der Waals surface area contributed by atoms with Gasteiger partial charge in [0.25, 0.3) is 0 Å². The molecule has 0 spiro atoms. The summed E-state index contributed by atoms with van der Waals surface area (Å²) < 4.78 is 1.82. The first-order valence-corrected chi connectivity index (χ1v) is 4.00. The standard InChI is InChI=1S/C9H7ClN2/c10-9-11-6-7-12(9)8-4-2-1-3-5-8/h1-7H. The Morgan fingerprint density at radius 1 is 1.17 bits per heavy atom. The molecule has 0 aliphatic heterocycles. The number of halogens is 1. The molecule has 1 heterocycles. The fourth-order valence-corrected chi connectivity index (χ4v) is 1.28. The Balaban J connectivity index is 2.51. The number of benzene rings is 1. The van der Waals surface area contributed by atoms with E-state index in [9.17, 15) is 0 Å². The van der Waals surface area contributed by atoms with Crippen molar-refractivity contribution in [1.29, 1.82) is 0 Å². The first-order valence-electron chi connectivity index (χ1n) is 3.62. The van der Waals surface area contributed by atoms with E-state index < -0.39 is 0 Å². The number of rotatable bonds is 1. The summed E-state index contributed by atoms with van der Waals surface area (Å²) in [5.74, 6) is 0. The van der Waals surface area contributed by atoms with E-state index in [2.05, 4.69) is 4.98 Å². The predicted octanol–water partition coefficient (Wildman–Crippen LogP) is 2.53. The molecule has 0 saturated heterocycles. The number of hydrogen-bond acceptors (Lipinski definition) is 1. The minimum absolute atomic E-state index is 0.487. The quantitative estimate of drug-likeness (QED) is 0.656. The van der Waals surface area contributed by atoms with Crippen LogP contribution in [0, 0.1) is 0 Å². The van der Waals surface area contributed by atoms with Gasteiger partial charge in [-0.2, -0.15) is 0 Å². The summed E-state index contributed by atoms with van der Waals surface area (Å²) in [7, 11) is 0. The minimum atomic E-state index is 0.487. The number of aromatic nitrogens is 2. The summed E-state index contributed by atoms with van der Waals surface area (Å²) >= 11 is 5.83. The zero-order chi connectivity index (χ0) is 8.39. The van der Waals surface area contributed by atoms with E-state index >= 15 is 0 Å². The molecule has 0 radical (unpaired) electrons. The third-order valence-electron chi connectivity index (χ3n) is 1.63. The molecule has 12 heavy (non-hydrogen) atoms. The lowest BCUT2D eigenvalue weighted by Gasteiger charge is -2.01. The maximum Gasteiger partial charge on any atom is 0.207 e. The Labute approximate surface area is 75.4 Å². The highest BCUT2D eigenvalue weighted by atomic mass is 35.5. The molecule has 0 aliphatic carbocycles. The SMILES string of the molecule is Clc1nccn1-c1ccccc1. The fourth-order valence-electron chi connectivity index (χ4n) is 1.07. The first kappa shape index (κ1) is 7.37. The van der Waals surface area contributed by atoms with Crippen LogP contribution in [-0.4, -0.2) is 9.55 Å². The van der Waals surface area contributed by atoms with Crippen molar-refractivity contribution < 1.29 is 0 Å².